The van der Waals surface area contributed by atoms with E-state index < -0.39 is 5.97 Å². The largest absolute Gasteiger partial charge is 0.543 e. The Balaban J connectivity index is 2.40. The Bertz CT molecular complexity index is 906. The van der Waals surface area contributed by atoms with Crippen molar-refractivity contribution in [3.8, 4) is 17.2 Å². The minimum atomic E-state index is -1.36. The fraction of sp³-hybridized carbons (Fsp3) is 0.0667. The van der Waals surface area contributed by atoms with Crippen LogP contribution in [0.4, 0.5) is 0 Å². The average Bonchev–Trinajstić information content (AvgIpc) is 2.86. The normalized spacial score (nSPS) is 10.5. The van der Waals surface area contributed by atoms with E-state index >= 15 is 0 Å². The molecule has 3 rings (SSSR count). The van der Waals surface area contributed by atoms with Crippen LogP contribution in [0.2, 0.25) is 0 Å². The maximum Gasteiger partial charge on any atom is 0.146 e. The summed E-state index contributed by atoms with van der Waals surface area (Å²) in [6.45, 7) is 0. The van der Waals surface area contributed by atoms with E-state index in [9.17, 15) is 15.2 Å². The zero-order chi connectivity index (χ0) is 15.0. The van der Waals surface area contributed by atoms with Crippen LogP contribution in [0, 0.1) is 11.3 Å². The summed E-state index contributed by atoms with van der Waals surface area (Å²) in [5.74, 6) is -1.36. The molecular formula is C15H9N4O2-. The maximum atomic E-state index is 11.1. The molecule has 0 atom stereocenters. The molecule has 3 aromatic rings. The van der Waals surface area contributed by atoms with E-state index in [0.29, 0.717) is 22.3 Å². The smallest absolute Gasteiger partial charge is 0.146 e. The highest BCUT2D eigenvalue weighted by atomic mass is 16.4. The number of carbonyl (C=O) groups is 1. The highest BCUT2D eigenvalue weighted by molar-refractivity contribution is 5.99. The number of hydrogen-bond acceptors (Lipinski definition) is 5. The number of nitriles is 1. The molecule has 0 saturated carbocycles. The number of carbonyl (C=O) groups excluding carboxylic acids is 1. The van der Waals surface area contributed by atoms with Gasteiger partial charge >= 0.3 is 0 Å². The van der Waals surface area contributed by atoms with Gasteiger partial charge in [-0.1, -0.05) is 18.2 Å². The van der Waals surface area contributed by atoms with Crippen LogP contribution in [-0.2, 0) is 7.05 Å². The fourth-order valence-electron chi connectivity index (χ4n) is 2.27. The number of aryl methyl sites for hydroxylation is 1. The summed E-state index contributed by atoms with van der Waals surface area (Å²) >= 11 is 0. The van der Waals surface area contributed by atoms with E-state index in [2.05, 4.69) is 16.2 Å². The van der Waals surface area contributed by atoms with E-state index in [1.165, 1.54) is 10.7 Å². The molecule has 2 aromatic heterocycles. The highest BCUT2D eigenvalue weighted by Gasteiger charge is 2.15. The average molecular weight is 277 g/mol. The van der Waals surface area contributed by atoms with Gasteiger partial charge in [-0.25, -0.2) is 4.98 Å². The van der Waals surface area contributed by atoms with Gasteiger partial charge in [0, 0.05) is 18.0 Å². The number of pyridine rings is 1. The Labute approximate surface area is 119 Å². The first-order valence-electron chi connectivity index (χ1n) is 6.15. The van der Waals surface area contributed by atoms with Crippen LogP contribution < -0.4 is 5.11 Å². The third-order valence-corrected chi connectivity index (χ3v) is 3.26. The molecule has 0 radical (unpaired) electrons. The van der Waals surface area contributed by atoms with Crippen LogP contribution in [-0.4, -0.2) is 20.7 Å². The molecule has 0 aliphatic rings. The van der Waals surface area contributed by atoms with E-state index in [1.807, 2.05) is 12.1 Å². The number of carboxylic acids is 1. The lowest BCUT2D eigenvalue weighted by Crippen LogP contribution is -2.23. The van der Waals surface area contributed by atoms with Gasteiger partial charge in [-0.05, 0) is 17.7 Å². The second kappa shape index (κ2) is 4.72. The van der Waals surface area contributed by atoms with Crippen LogP contribution in [0.5, 0.6) is 0 Å². The minimum Gasteiger partial charge on any atom is -0.543 e. The molecule has 1 aromatic carbocycles. The number of rotatable bonds is 2. The zero-order valence-electron chi connectivity index (χ0n) is 11.1. The number of hydrogen-bond donors (Lipinski definition) is 0. The Morgan fingerprint density at radius 2 is 2.10 bits per heavy atom. The van der Waals surface area contributed by atoms with Gasteiger partial charge in [0.2, 0.25) is 0 Å². The van der Waals surface area contributed by atoms with Gasteiger partial charge in [0.25, 0.3) is 0 Å². The Morgan fingerprint density at radius 1 is 1.33 bits per heavy atom. The zero-order valence-corrected chi connectivity index (χ0v) is 11.1. The Hall–Kier alpha value is -3.20. The number of para-hydroxylation sites is 1. The number of aromatic nitrogens is 3. The van der Waals surface area contributed by atoms with Gasteiger partial charge < -0.3 is 9.90 Å². The molecule has 21 heavy (non-hydrogen) atoms. The molecule has 0 aliphatic carbocycles. The molecule has 0 N–H and O–H groups in total. The van der Waals surface area contributed by atoms with Crippen LogP contribution in [0.3, 0.4) is 0 Å². The van der Waals surface area contributed by atoms with Crippen molar-refractivity contribution in [3.63, 3.8) is 0 Å². The second-order valence-electron chi connectivity index (χ2n) is 4.50. The topological polar surface area (TPSA) is 94.6 Å². The predicted octanol–water partition coefficient (Wildman–Crippen LogP) is 0.870. The fourth-order valence-corrected chi connectivity index (χ4v) is 2.27. The molecule has 0 saturated heterocycles. The van der Waals surface area contributed by atoms with Crippen molar-refractivity contribution in [1.29, 1.82) is 5.26 Å². The summed E-state index contributed by atoms with van der Waals surface area (Å²) < 4.78 is 1.45. The first kappa shape index (κ1) is 12.8. The third kappa shape index (κ3) is 2.01. The molecule has 0 spiro atoms. The molecule has 0 bridgehead atoms. The molecule has 0 aliphatic heterocycles. The summed E-state index contributed by atoms with van der Waals surface area (Å²) in [6.07, 6.45) is 1.54. The molecule has 0 fully saturated rings. The van der Waals surface area contributed by atoms with Gasteiger partial charge in [0.15, 0.2) is 0 Å². The maximum absolute atomic E-state index is 11.1. The molecule has 0 unspecified atom stereocenters. The van der Waals surface area contributed by atoms with E-state index in [1.54, 1.807) is 25.4 Å². The Morgan fingerprint density at radius 3 is 2.81 bits per heavy atom. The second-order valence-corrected chi connectivity index (χ2v) is 4.50. The summed E-state index contributed by atoms with van der Waals surface area (Å²) in [5, 5.41) is 25.2. The lowest BCUT2D eigenvalue weighted by molar-refractivity contribution is -0.255. The van der Waals surface area contributed by atoms with Gasteiger partial charge in [0.1, 0.15) is 11.8 Å². The quantitative estimate of drug-likeness (QED) is 0.692. The van der Waals surface area contributed by atoms with Crippen molar-refractivity contribution < 1.29 is 9.90 Å². The van der Waals surface area contributed by atoms with E-state index in [4.69, 9.17) is 0 Å². The standard InChI is InChI=1S/C15H10N4O2/c1-19-14(7-16)11(8-17-19)10-6-13(15(20)21)18-12-5-3-2-4-9(10)12/h2-6,8H,1H3,(H,20,21)/p-1. The third-order valence-electron chi connectivity index (χ3n) is 3.26. The highest BCUT2D eigenvalue weighted by Crippen LogP contribution is 2.30. The first-order chi connectivity index (χ1) is 10.1. The van der Waals surface area contributed by atoms with Crippen LogP contribution in [0.15, 0.2) is 36.5 Å². The van der Waals surface area contributed by atoms with Crippen LogP contribution >= 0.6 is 0 Å². The van der Waals surface area contributed by atoms with Gasteiger partial charge in [0.05, 0.1) is 23.4 Å². The number of benzene rings is 1. The van der Waals surface area contributed by atoms with Crippen LogP contribution in [0.1, 0.15) is 16.2 Å². The van der Waals surface area contributed by atoms with Gasteiger partial charge in [-0.15, -0.1) is 0 Å². The summed E-state index contributed by atoms with van der Waals surface area (Å²) in [5.41, 5.74) is 1.89. The molecule has 102 valence electrons. The SMILES string of the molecule is Cn1ncc(-c2cc(C(=O)[O-])nc3ccccc23)c1C#N. The van der Waals surface area contributed by atoms with Crippen molar-refractivity contribution in [1.82, 2.24) is 14.8 Å². The molecule has 6 heteroatoms. The predicted molar refractivity (Wildman–Crippen MR) is 73.0 cm³/mol. The lowest BCUT2D eigenvalue weighted by Gasteiger charge is -2.09. The van der Waals surface area contributed by atoms with Gasteiger partial charge in [-0.2, -0.15) is 10.4 Å². The molecule has 6 nitrogen and oxygen atoms in total. The monoisotopic (exact) mass is 277 g/mol. The van der Waals surface area contributed by atoms with Crippen molar-refractivity contribution in [2.75, 3.05) is 0 Å². The number of nitrogens with zero attached hydrogens (tertiary/aromatic N) is 4. The molecule has 0 amide bonds. The van der Waals surface area contributed by atoms with Crippen LogP contribution in [0.25, 0.3) is 22.0 Å². The minimum absolute atomic E-state index is 0.170. The van der Waals surface area contributed by atoms with Gasteiger partial charge in [-0.3, -0.25) is 4.68 Å². The summed E-state index contributed by atoms with van der Waals surface area (Å²) in [4.78, 5) is 15.2. The summed E-state index contributed by atoms with van der Waals surface area (Å²) in [7, 11) is 1.66. The Kier molecular flexibility index (Phi) is 2.88. The van der Waals surface area contributed by atoms with E-state index in [0.717, 1.165) is 5.39 Å². The van der Waals surface area contributed by atoms with Crippen molar-refractivity contribution in [2.24, 2.45) is 7.05 Å². The first-order valence-corrected chi connectivity index (χ1v) is 6.15. The number of carboxylic acid groups (broad SMARTS) is 1. The van der Waals surface area contributed by atoms with Crippen molar-refractivity contribution >= 4 is 16.9 Å². The number of fused-ring (bicyclic) bond motifs is 1. The number of aromatic carboxylic acids is 1. The van der Waals surface area contributed by atoms with Crippen molar-refractivity contribution in [3.05, 3.63) is 47.9 Å². The van der Waals surface area contributed by atoms with Crippen molar-refractivity contribution in [2.45, 2.75) is 0 Å². The summed E-state index contributed by atoms with van der Waals surface area (Å²) in [6, 6.07) is 10.6. The lowest BCUT2D eigenvalue weighted by atomic mass is 10.0. The van der Waals surface area contributed by atoms with E-state index in [-0.39, 0.29) is 5.69 Å². The molecular weight excluding hydrogens is 268 g/mol. The molecule has 2 heterocycles.